The van der Waals surface area contributed by atoms with Crippen molar-refractivity contribution in [3.05, 3.63) is 59.7 Å². The first kappa shape index (κ1) is 24.5. The molecule has 2 aromatic rings. The number of nitrogens with zero attached hydrogens (tertiary/aromatic N) is 2. The number of carbonyl (C=O) groups is 1. The van der Waals surface area contributed by atoms with Crippen LogP contribution >= 0.6 is 24.0 Å². The average Bonchev–Trinajstić information content (AvgIpc) is 2.69. The smallest absolute Gasteiger partial charge is 0.255 e. The molecule has 1 amide bonds. The molecular formula is C21H29IN4O3. The number of hydrogen-bond acceptors (Lipinski definition) is 4. The van der Waals surface area contributed by atoms with Crippen LogP contribution in [-0.2, 0) is 11.3 Å². The molecule has 2 aromatic carbocycles. The number of amides is 1. The van der Waals surface area contributed by atoms with E-state index in [9.17, 15) is 4.79 Å². The van der Waals surface area contributed by atoms with Crippen LogP contribution in [0.25, 0.3) is 0 Å². The minimum Gasteiger partial charge on any atom is -0.492 e. The highest BCUT2D eigenvalue weighted by atomic mass is 127. The Bertz CT molecular complexity index is 797. The van der Waals surface area contributed by atoms with Gasteiger partial charge in [0.2, 0.25) is 0 Å². The van der Waals surface area contributed by atoms with E-state index in [1.807, 2.05) is 61.3 Å². The molecule has 0 saturated heterocycles. The first-order chi connectivity index (χ1) is 13.5. The maximum atomic E-state index is 10.8. The number of nitrogens with one attached hydrogen (secondary N) is 1. The average molecular weight is 512 g/mol. The summed E-state index contributed by atoms with van der Waals surface area (Å²) in [6.45, 7) is 3.73. The van der Waals surface area contributed by atoms with E-state index in [2.05, 4.69) is 10.3 Å². The highest BCUT2D eigenvalue weighted by molar-refractivity contribution is 14.0. The third kappa shape index (κ3) is 9.03. The number of aliphatic imine (C=N–C) groups is 1. The Balaban J connectivity index is 0.00000420. The SMILES string of the molecule is CN=C(NCc1cccc(OCC(N)=O)c1)N(C)CCOc1ccc(C)cc1.I. The summed E-state index contributed by atoms with van der Waals surface area (Å²) < 4.78 is 11.1. The van der Waals surface area contributed by atoms with Gasteiger partial charge in [0.25, 0.3) is 5.91 Å². The zero-order chi connectivity index (χ0) is 20.4. The van der Waals surface area contributed by atoms with Crippen molar-refractivity contribution in [1.82, 2.24) is 10.2 Å². The van der Waals surface area contributed by atoms with Gasteiger partial charge in [-0.2, -0.15) is 0 Å². The fraction of sp³-hybridized carbons (Fsp3) is 0.333. The van der Waals surface area contributed by atoms with Gasteiger partial charge in [-0.15, -0.1) is 24.0 Å². The minimum absolute atomic E-state index is 0. The molecule has 2 rings (SSSR count). The second kappa shape index (κ2) is 12.9. The van der Waals surface area contributed by atoms with Gasteiger partial charge in [-0.05, 0) is 36.8 Å². The van der Waals surface area contributed by atoms with Gasteiger partial charge < -0.3 is 25.4 Å². The maximum Gasteiger partial charge on any atom is 0.255 e. The predicted octanol–water partition coefficient (Wildman–Crippen LogP) is 2.56. The number of rotatable bonds is 9. The molecule has 0 unspecified atom stereocenters. The fourth-order valence-corrected chi connectivity index (χ4v) is 2.51. The summed E-state index contributed by atoms with van der Waals surface area (Å²) in [4.78, 5) is 17.1. The number of carbonyl (C=O) groups excluding carboxylic acids is 1. The highest BCUT2D eigenvalue weighted by Gasteiger charge is 2.07. The molecule has 158 valence electrons. The lowest BCUT2D eigenvalue weighted by Gasteiger charge is -2.22. The van der Waals surface area contributed by atoms with Crippen molar-refractivity contribution in [3.63, 3.8) is 0 Å². The molecule has 0 atom stereocenters. The van der Waals surface area contributed by atoms with Crippen molar-refractivity contribution >= 4 is 35.8 Å². The number of aryl methyl sites for hydroxylation is 1. The molecule has 0 fully saturated rings. The predicted molar refractivity (Wildman–Crippen MR) is 126 cm³/mol. The topological polar surface area (TPSA) is 89.2 Å². The maximum absolute atomic E-state index is 10.8. The van der Waals surface area contributed by atoms with E-state index >= 15 is 0 Å². The summed E-state index contributed by atoms with van der Waals surface area (Å²) >= 11 is 0. The monoisotopic (exact) mass is 512 g/mol. The number of primary amides is 1. The molecule has 0 heterocycles. The Morgan fingerprint density at radius 3 is 2.52 bits per heavy atom. The largest absolute Gasteiger partial charge is 0.492 e. The molecule has 0 radical (unpaired) electrons. The van der Waals surface area contributed by atoms with Crippen LogP contribution in [-0.4, -0.2) is 50.6 Å². The lowest BCUT2D eigenvalue weighted by atomic mass is 10.2. The van der Waals surface area contributed by atoms with Gasteiger partial charge in [-0.25, -0.2) is 0 Å². The summed E-state index contributed by atoms with van der Waals surface area (Å²) in [6, 6.07) is 15.5. The van der Waals surface area contributed by atoms with Gasteiger partial charge in [0, 0.05) is 20.6 Å². The van der Waals surface area contributed by atoms with Gasteiger partial charge in [-0.1, -0.05) is 29.8 Å². The lowest BCUT2D eigenvalue weighted by Crippen LogP contribution is -2.40. The van der Waals surface area contributed by atoms with E-state index in [-0.39, 0.29) is 30.6 Å². The summed E-state index contributed by atoms with van der Waals surface area (Å²) in [5.74, 6) is 1.72. The molecule has 0 aliphatic rings. The third-order valence-corrected chi connectivity index (χ3v) is 4.02. The van der Waals surface area contributed by atoms with Crippen LogP contribution in [0.4, 0.5) is 0 Å². The van der Waals surface area contributed by atoms with E-state index in [0.29, 0.717) is 25.4 Å². The van der Waals surface area contributed by atoms with Crippen LogP contribution in [0.1, 0.15) is 11.1 Å². The summed E-state index contributed by atoms with van der Waals surface area (Å²) in [6.07, 6.45) is 0. The second-order valence-electron chi connectivity index (χ2n) is 6.39. The van der Waals surface area contributed by atoms with Gasteiger partial charge in [0.1, 0.15) is 18.1 Å². The second-order valence-corrected chi connectivity index (χ2v) is 6.39. The Kier molecular flexibility index (Phi) is 10.9. The zero-order valence-electron chi connectivity index (χ0n) is 17.1. The Morgan fingerprint density at radius 2 is 1.86 bits per heavy atom. The van der Waals surface area contributed by atoms with Crippen LogP contribution < -0.4 is 20.5 Å². The van der Waals surface area contributed by atoms with Gasteiger partial charge in [0.15, 0.2) is 12.6 Å². The quantitative estimate of drug-likeness (QED) is 0.307. The Hall–Kier alpha value is -2.49. The number of guanidine groups is 1. The molecule has 0 aliphatic heterocycles. The van der Waals surface area contributed by atoms with Crippen LogP contribution in [0.5, 0.6) is 11.5 Å². The van der Waals surface area contributed by atoms with Crippen LogP contribution in [0.15, 0.2) is 53.5 Å². The molecule has 0 saturated carbocycles. The lowest BCUT2D eigenvalue weighted by molar-refractivity contribution is -0.119. The Morgan fingerprint density at radius 1 is 1.14 bits per heavy atom. The van der Waals surface area contributed by atoms with E-state index in [1.165, 1.54) is 5.56 Å². The molecule has 7 nitrogen and oxygen atoms in total. The number of halogens is 1. The number of hydrogen-bond donors (Lipinski definition) is 2. The van der Waals surface area contributed by atoms with Crippen LogP contribution in [0.3, 0.4) is 0 Å². The van der Waals surface area contributed by atoms with E-state index in [1.54, 1.807) is 13.1 Å². The van der Waals surface area contributed by atoms with E-state index in [0.717, 1.165) is 17.3 Å². The van der Waals surface area contributed by atoms with Crippen LogP contribution in [0, 0.1) is 6.92 Å². The summed E-state index contributed by atoms with van der Waals surface area (Å²) in [5.41, 5.74) is 7.32. The van der Waals surface area contributed by atoms with Gasteiger partial charge in [-0.3, -0.25) is 9.79 Å². The van der Waals surface area contributed by atoms with Crippen LogP contribution in [0.2, 0.25) is 0 Å². The number of ether oxygens (including phenoxy) is 2. The number of nitrogens with two attached hydrogens (primary N) is 1. The minimum atomic E-state index is -0.501. The standard InChI is InChI=1S/C21H28N4O3.HI/c1-16-7-9-18(10-8-16)27-12-11-25(3)21(23-2)24-14-17-5-4-6-19(13-17)28-15-20(22)26;/h4-10,13H,11-12,14-15H2,1-3H3,(H2,22,26)(H,23,24);1H. The fourth-order valence-electron chi connectivity index (χ4n) is 2.51. The first-order valence-corrected chi connectivity index (χ1v) is 9.09. The molecule has 29 heavy (non-hydrogen) atoms. The highest BCUT2D eigenvalue weighted by Crippen LogP contribution is 2.13. The van der Waals surface area contributed by atoms with Crippen molar-refractivity contribution in [2.75, 3.05) is 33.9 Å². The van der Waals surface area contributed by atoms with Crippen molar-refractivity contribution < 1.29 is 14.3 Å². The van der Waals surface area contributed by atoms with Gasteiger partial charge >= 0.3 is 0 Å². The van der Waals surface area contributed by atoms with Crippen molar-refractivity contribution in [2.45, 2.75) is 13.5 Å². The molecule has 0 aromatic heterocycles. The third-order valence-electron chi connectivity index (χ3n) is 4.02. The Labute approximate surface area is 189 Å². The molecule has 3 N–H and O–H groups in total. The van der Waals surface area contributed by atoms with E-state index < -0.39 is 5.91 Å². The summed E-state index contributed by atoms with van der Waals surface area (Å²) in [5, 5.41) is 3.31. The molecule has 0 spiro atoms. The number of benzene rings is 2. The van der Waals surface area contributed by atoms with Crippen molar-refractivity contribution in [1.29, 1.82) is 0 Å². The molecule has 0 aliphatic carbocycles. The van der Waals surface area contributed by atoms with Crippen molar-refractivity contribution in [3.8, 4) is 11.5 Å². The van der Waals surface area contributed by atoms with Gasteiger partial charge in [0.05, 0.1) is 6.54 Å². The normalized spacial score (nSPS) is 10.7. The molecule has 0 bridgehead atoms. The number of likely N-dealkylation sites (N-methyl/N-ethyl adjacent to an activating group) is 1. The molecular weight excluding hydrogens is 483 g/mol. The molecule has 8 heteroatoms. The first-order valence-electron chi connectivity index (χ1n) is 9.09. The zero-order valence-corrected chi connectivity index (χ0v) is 19.4. The van der Waals surface area contributed by atoms with Crippen molar-refractivity contribution in [2.24, 2.45) is 10.7 Å². The summed E-state index contributed by atoms with van der Waals surface area (Å²) in [7, 11) is 3.70. The van der Waals surface area contributed by atoms with E-state index in [4.69, 9.17) is 15.2 Å².